The molecule has 3 rings (SSSR count). The smallest absolute Gasteiger partial charge is 0.123 e. The monoisotopic (exact) mass is 257 g/mol. The normalized spacial score (nSPS) is 17.2. The maximum absolute atomic E-state index is 5.96. The Bertz CT molecular complexity index is 525. The lowest BCUT2D eigenvalue weighted by molar-refractivity contribution is 0.201. The van der Waals surface area contributed by atoms with Crippen molar-refractivity contribution >= 4 is 0 Å². The number of fused-ring (bicyclic) bond motifs is 1. The first-order valence-corrected chi connectivity index (χ1v) is 6.83. The van der Waals surface area contributed by atoms with Crippen LogP contribution in [0.4, 0.5) is 0 Å². The van der Waals surface area contributed by atoms with E-state index >= 15 is 0 Å². The van der Waals surface area contributed by atoms with Gasteiger partial charge >= 0.3 is 0 Å². The standard InChI is InChI=1S/C15H19N3O/c1-2-16-10-13-7-8-17-18(13)11-14-9-12-5-3-4-6-15(12)19-14/h3-8,14,16H,2,9-11H2,1H3. The molecule has 1 aliphatic rings. The minimum absolute atomic E-state index is 0.192. The summed E-state index contributed by atoms with van der Waals surface area (Å²) in [5.41, 5.74) is 2.51. The summed E-state index contributed by atoms with van der Waals surface area (Å²) >= 11 is 0. The zero-order valence-corrected chi connectivity index (χ0v) is 11.2. The summed E-state index contributed by atoms with van der Waals surface area (Å²) in [5.74, 6) is 1.02. The Balaban J connectivity index is 1.66. The van der Waals surface area contributed by atoms with E-state index < -0.39 is 0 Å². The van der Waals surface area contributed by atoms with E-state index in [0.29, 0.717) is 0 Å². The predicted octanol–water partition coefficient (Wildman–Crippen LogP) is 2.00. The number of hydrogen-bond acceptors (Lipinski definition) is 3. The fraction of sp³-hybridized carbons (Fsp3) is 0.400. The molecule has 0 saturated heterocycles. The van der Waals surface area contributed by atoms with Crippen LogP contribution in [-0.2, 0) is 19.5 Å². The topological polar surface area (TPSA) is 39.1 Å². The zero-order valence-electron chi connectivity index (χ0n) is 11.2. The number of hydrogen-bond donors (Lipinski definition) is 1. The number of para-hydroxylation sites is 1. The molecule has 19 heavy (non-hydrogen) atoms. The molecule has 0 aliphatic carbocycles. The molecule has 0 saturated carbocycles. The summed E-state index contributed by atoms with van der Waals surface area (Å²) in [4.78, 5) is 0. The lowest BCUT2D eigenvalue weighted by Gasteiger charge is -2.13. The van der Waals surface area contributed by atoms with Gasteiger partial charge in [-0.15, -0.1) is 0 Å². The minimum Gasteiger partial charge on any atom is -0.488 e. The van der Waals surface area contributed by atoms with E-state index in [1.807, 2.05) is 23.0 Å². The average molecular weight is 257 g/mol. The Morgan fingerprint density at radius 2 is 2.26 bits per heavy atom. The number of rotatable bonds is 5. The third-order valence-corrected chi connectivity index (χ3v) is 3.45. The van der Waals surface area contributed by atoms with Crippen molar-refractivity contribution in [3.63, 3.8) is 0 Å². The maximum Gasteiger partial charge on any atom is 0.123 e. The van der Waals surface area contributed by atoms with Crippen LogP contribution in [0.15, 0.2) is 36.5 Å². The van der Waals surface area contributed by atoms with Gasteiger partial charge in [0.25, 0.3) is 0 Å². The van der Waals surface area contributed by atoms with Crippen molar-refractivity contribution in [2.75, 3.05) is 6.54 Å². The molecule has 0 radical (unpaired) electrons. The molecular formula is C15H19N3O. The van der Waals surface area contributed by atoms with Gasteiger partial charge in [0.05, 0.1) is 12.2 Å². The Kier molecular flexibility index (Phi) is 3.51. The lowest BCUT2D eigenvalue weighted by atomic mass is 10.1. The van der Waals surface area contributed by atoms with Gasteiger partial charge in [-0.1, -0.05) is 25.1 Å². The first-order valence-electron chi connectivity index (χ1n) is 6.83. The highest BCUT2D eigenvalue weighted by atomic mass is 16.5. The molecule has 0 spiro atoms. The van der Waals surface area contributed by atoms with Crippen molar-refractivity contribution in [2.45, 2.75) is 32.5 Å². The van der Waals surface area contributed by atoms with Gasteiger partial charge in [0, 0.05) is 19.2 Å². The highest BCUT2D eigenvalue weighted by Crippen LogP contribution is 2.28. The number of nitrogens with zero attached hydrogens (tertiary/aromatic N) is 2. The molecule has 1 atom stereocenters. The molecule has 0 bridgehead atoms. The summed E-state index contributed by atoms with van der Waals surface area (Å²) in [6, 6.07) is 10.3. The Morgan fingerprint density at radius 3 is 3.11 bits per heavy atom. The van der Waals surface area contributed by atoms with E-state index in [-0.39, 0.29) is 6.10 Å². The van der Waals surface area contributed by atoms with E-state index in [2.05, 4.69) is 35.5 Å². The Morgan fingerprint density at radius 1 is 1.37 bits per heavy atom. The molecule has 1 aromatic carbocycles. The predicted molar refractivity (Wildman–Crippen MR) is 74.2 cm³/mol. The quantitative estimate of drug-likeness (QED) is 0.890. The molecule has 1 aromatic heterocycles. The first kappa shape index (κ1) is 12.2. The van der Waals surface area contributed by atoms with Crippen LogP contribution in [0.1, 0.15) is 18.2 Å². The molecule has 2 aromatic rings. The van der Waals surface area contributed by atoms with Crippen LogP contribution >= 0.6 is 0 Å². The largest absolute Gasteiger partial charge is 0.488 e. The van der Waals surface area contributed by atoms with Crippen molar-refractivity contribution in [2.24, 2.45) is 0 Å². The van der Waals surface area contributed by atoms with Crippen LogP contribution in [-0.4, -0.2) is 22.4 Å². The van der Waals surface area contributed by atoms with Crippen molar-refractivity contribution in [3.05, 3.63) is 47.8 Å². The molecule has 1 aliphatic heterocycles. The summed E-state index contributed by atoms with van der Waals surface area (Å²) in [5, 5.41) is 7.72. The van der Waals surface area contributed by atoms with Crippen LogP contribution in [0.2, 0.25) is 0 Å². The molecule has 4 heteroatoms. The van der Waals surface area contributed by atoms with Crippen LogP contribution < -0.4 is 10.1 Å². The van der Waals surface area contributed by atoms with E-state index in [4.69, 9.17) is 4.74 Å². The molecule has 0 amide bonds. The van der Waals surface area contributed by atoms with E-state index in [1.165, 1.54) is 11.3 Å². The summed E-state index contributed by atoms with van der Waals surface area (Å²) in [6.45, 7) is 4.74. The van der Waals surface area contributed by atoms with Gasteiger partial charge in [-0.2, -0.15) is 5.10 Å². The summed E-state index contributed by atoms with van der Waals surface area (Å²) in [7, 11) is 0. The van der Waals surface area contributed by atoms with E-state index in [1.54, 1.807) is 0 Å². The van der Waals surface area contributed by atoms with E-state index in [0.717, 1.165) is 31.8 Å². The summed E-state index contributed by atoms with van der Waals surface area (Å²) in [6.07, 6.45) is 3.02. The second-order valence-electron chi connectivity index (χ2n) is 4.84. The second-order valence-corrected chi connectivity index (χ2v) is 4.84. The molecular weight excluding hydrogens is 238 g/mol. The SMILES string of the molecule is CCNCc1ccnn1CC1Cc2ccccc2O1. The van der Waals surface area contributed by atoms with Crippen LogP contribution in [0.5, 0.6) is 5.75 Å². The van der Waals surface area contributed by atoms with Gasteiger partial charge < -0.3 is 10.1 Å². The van der Waals surface area contributed by atoms with Gasteiger partial charge in [-0.25, -0.2) is 0 Å². The minimum atomic E-state index is 0.192. The fourth-order valence-corrected chi connectivity index (χ4v) is 2.48. The third-order valence-electron chi connectivity index (χ3n) is 3.45. The van der Waals surface area contributed by atoms with Crippen LogP contribution in [0.3, 0.4) is 0 Å². The van der Waals surface area contributed by atoms with Crippen LogP contribution in [0, 0.1) is 0 Å². The van der Waals surface area contributed by atoms with Crippen molar-refractivity contribution in [3.8, 4) is 5.75 Å². The highest BCUT2D eigenvalue weighted by molar-refractivity contribution is 5.37. The number of nitrogens with one attached hydrogen (secondary N) is 1. The second kappa shape index (κ2) is 5.45. The van der Waals surface area contributed by atoms with Crippen molar-refractivity contribution in [1.29, 1.82) is 0 Å². The number of benzene rings is 1. The number of ether oxygens (including phenoxy) is 1. The molecule has 0 fully saturated rings. The molecule has 100 valence electrons. The zero-order chi connectivity index (χ0) is 13.1. The van der Waals surface area contributed by atoms with Gasteiger partial charge in [0.1, 0.15) is 11.9 Å². The van der Waals surface area contributed by atoms with Gasteiger partial charge in [-0.3, -0.25) is 4.68 Å². The maximum atomic E-state index is 5.96. The molecule has 1 unspecified atom stereocenters. The van der Waals surface area contributed by atoms with Crippen LogP contribution in [0.25, 0.3) is 0 Å². The van der Waals surface area contributed by atoms with Gasteiger partial charge in [-0.05, 0) is 24.2 Å². The summed E-state index contributed by atoms with van der Waals surface area (Å²) < 4.78 is 8.00. The fourth-order valence-electron chi connectivity index (χ4n) is 2.48. The van der Waals surface area contributed by atoms with Gasteiger partial charge in [0.2, 0.25) is 0 Å². The Labute approximate surface area is 113 Å². The molecule has 4 nitrogen and oxygen atoms in total. The molecule has 1 N–H and O–H groups in total. The third kappa shape index (κ3) is 2.63. The first-order chi connectivity index (χ1) is 9.36. The number of aromatic nitrogens is 2. The van der Waals surface area contributed by atoms with E-state index in [9.17, 15) is 0 Å². The lowest BCUT2D eigenvalue weighted by Crippen LogP contribution is -2.24. The van der Waals surface area contributed by atoms with Gasteiger partial charge in [0.15, 0.2) is 0 Å². The highest BCUT2D eigenvalue weighted by Gasteiger charge is 2.23. The van der Waals surface area contributed by atoms with Crippen molar-refractivity contribution in [1.82, 2.24) is 15.1 Å². The van der Waals surface area contributed by atoms with Crippen molar-refractivity contribution < 1.29 is 4.74 Å². The molecule has 2 heterocycles. The average Bonchev–Trinajstić information content (AvgIpc) is 3.02. The Hall–Kier alpha value is -1.81.